The molecular formula is C20H25N3O2. The number of ether oxygens (including phenoxy) is 1. The van der Waals surface area contributed by atoms with Crippen LogP contribution in [0.15, 0.2) is 48.8 Å². The van der Waals surface area contributed by atoms with Crippen molar-refractivity contribution in [3.8, 4) is 11.1 Å². The van der Waals surface area contributed by atoms with Crippen molar-refractivity contribution in [2.45, 2.75) is 39.2 Å². The molecule has 1 amide bonds. The Balaban J connectivity index is 2.03. The molecule has 0 N–H and O–H groups in total. The second kappa shape index (κ2) is 7.23. The quantitative estimate of drug-likeness (QED) is 0.826. The van der Waals surface area contributed by atoms with Crippen molar-refractivity contribution in [3.05, 3.63) is 48.8 Å². The molecule has 25 heavy (non-hydrogen) atoms. The highest BCUT2D eigenvalue weighted by Gasteiger charge is 2.31. The maximum atomic E-state index is 13.0. The van der Waals surface area contributed by atoms with Gasteiger partial charge in [0.2, 0.25) is 0 Å². The number of hydrazine groups is 1. The highest BCUT2D eigenvalue weighted by molar-refractivity contribution is 5.92. The van der Waals surface area contributed by atoms with Crippen molar-refractivity contribution >= 4 is 11.8 Å². The van der Waals surface area contributed by atoms with Gasteiger partial charge in [0.05, 0.1) is 5.69 Å². The zero-order valence-electron chi connectivity index (χ0n) is 15.1. The molecule has 0 radical (unpaired) electrons. The molecule has 1 fully saturated rings. The van der Waals surface area contributed by atoms with Gasteiger partial charge in [-0.15, -0.1) is 0 Å². The smallest absolute Gasteiger partial charge is 0.429 e. The predicted molar refractivity (Wildman–Crippen MR) is 99.2 cm³/mol. The maximum absolute atomic E-state index is 13.0. The number of hydrogen-bond acceptors (Lipinski definition) is 4. The third kappa shape index (κ3) is 4.17. The topological polar surface area (TPSA) is 45.7 Å². The van der Waals surface area contributed by atoms with E-state index in [9.17, 15) is 4.79 Å². The summed E-state index contributed by atoms with van der Waals surface area (Å²) in [6, 6.07) is 11.9. The van der Waals surface area contributed by atoms with Crippen molar-refractivity contribution in [3.63, 3.8) is 0 Å². The van der Waals surface area contributed by atoms with Crippen LogP contribution < -0.4 is 5.01 Å². The highest BCUT2D eigenvalue weighted by atomic mass is 16.6. The fourth-order valence-electron chi connectivity index (χ4n) is 2.98. The van der Waals surface area contributed by atoms with Crippen molar-refractivity contribution in [2.75, 3.05) is 18.1 Å². The first kappa shape index (κ1) is 17.4. The highest BCUT2D eigenvalue weighted by Crippen LogP contribution is 2.33. The molecule has 0 unspecified atom stereocenters. The largest absolute Gasteiger partial charge is 0.442 e. The number of rotatable bonds is 3. The second-order valence-electron chi connectivity index (χ2n) is 7.21. The van der Waals surface area contributed by atoms with Gasteiger partial charge in [-0.25, -0.2) is 14.8 Å². The first-order valence-corrected chi connectivity index (χ1v) is 8.73. The van der Waals surface area contributed by atoms with Crippen LogP contribution in [0.25, 0.3) is 11.1 Å². The van der Waals surface area contributed by atoms with Gasteiger partial charge in [-0.05, 0) is 45.2 Å². The Labute approximate surface area is 149 Å². The number of carbonyl (C=O) groups excluding carboxylic acids is 1. The predicted octanol–water partition coefficient (Wildman–Crippen LogP) is 4.50. The van der Waals surface area contributed by atoms with E-state index >= 15 is 0 Å². The number of pyridine rings is 1. The third-order valence-corrected chi connectivity index (χ3v) is 4.04. The molecule has 0 saturated carbocycles. The van der Waals surface area contributed by atoms with Crippen LogP contribution in [0.1, 0.15) is 33.6 Å². The van der Waals surface area contributed by atoms with E-state index in [1.807, 2.05) is 57.2 Å². The van der Waals surface area contributed by atoms with Crippen molar-refractivity contribution in [2.24, 2.45) is 0 Å². The van der Waals surface area contributed by atoms with E-state index in [0.717, 1.165) is 42.7 Å². The fourth-order valence-corrected chi connectivity index (χ4v) is 2.98. The summed E-state index contributed by atoms with van der Waals surface area (Å²) in [7, 11) is 0. The third-order valence-electron chi connectivity index (χ3n) is 4.04. The zero-order chi connectivity index (χ0) is 17.9. The summed E-state index contributed by atoms with van der Waals surface area (Å²) in [6.45, 7) is 7.35. The summed E-state index contributed by atoms with van der Waals surface area (Å²) in [5, 5.41) is 3.75. The molecular weight excluding hydrogens is 314 g/mol. The van der Waals surface area contributed by atoms with Gasteiger partial charge < -0.3 is 4.74 Å². The van der Waals surface area contributed by atoms with Gasteiger partial charge in [0.1, 0.15) is 5.60 Å². The summed E-state index contributed by atoms with van der Waals surface area (Å²) in [6.07, 6.45) is 5.32. The number of benzene rings is 1. The van der Waals surface area contributed by atoms with E-state index in [-0.39, 0.29) is 6.09 Å². The number of anilines is 1. The Morgan fingerprint density at radius 1 is 1.12 bits per heavy atom. The minimum atomic E-state index is -0.547. The zero-order valence-corrected chi connectivity index (χ0v) is 15.1. The Bertz CT molecular complexity index is 719. The average Bonchev–Trinajstić information content (AvgIpc) is 3.09. The van der Waals surface area contributed by atoms with Gasteiger partial charge >= 0.3 is 6.09 Å². The van der Waals surface area contributed by atoms with Crippen LogP contribution in [0.2, 0.25) is 0 Å². The summed E-state index contributed by atoms with van der Waals surface area (Å²) >= 11 is 0. The number of hydrogen-bond donors (Lipinski definition) is 0. The van der Waals surface area contributed by atoms with E-state index < -0.39 is 5.60 Å². The first-order chi connectivity index (χ1) is 12.0. The van der Waals surface area contributed by atoms with E-state index in [2.05, 4.69) is 9.99 Å². The lowest BCUT2D eigenvalue weighted by Gasteiger charge is -2.34. The Hall–Kier alpha value is -2.40. The maximum Gasteiger partial charge on any atom is 0.429 e. The average molecular weight is 339 g/mol. The van der Waals surface area contributed by atoms with Crippen LogP contribution in [0, 0.1) is 0 Å². The van der Waals surface area contributed by atoms with Crippen LogP contribution in [0.3, 0.4) is 0 Å². The van der Waals surface area contributed by atoms with Gasteiger partial charge in [0.15, 0.2) is 0 Å². The molecule has 5 heteroatoms. The van der Waals surface area contributed by atoms with Crippen molar-refractivity contribution in [1.82, 2.24) is 9.99 Å². The molecule has 0 atom stereocenters. The number of nitrogens with zero attached hydrogens (tertiary/aromatic N) is 3. The standard InChI is InChI=1S/C20H25N3O2/c1-20(2,3)25-19(24)23(22-13-7-8-14-22)18-11-12-21-15-17(18)16-9-5-4-6-10-16/h4-6,9-12,15H,7-8,13-14H2,1-3H3. The van der Waals surface area contributed by atoms with Gasteiger partial charge in [0, 0.05) is 31.0 Å². The van der Waals surface area contributed by atoms with Crippen LogP contribution in [-0.2, 0) is 4.74 Å². The molecule has 2 heterocycles. The molecule has 0 spiro atoms. The van der Waals surface area contributed by atoms with Crippen LogP contribution >= 0.6 is 0 Å². The molecule has 1 aliphatic rings. The molecule has 2 aromatic rings. The van der Waals surface area contributed by atoms with E-state index in [1.165, 1.54) is 0 Å². The second-order valence-corrected chi connectivity index (χ2v) is 7.21. The summed E-state index contributed by atoms with van der Waals surface area (Å²) in [5.41, 5.74) is 2.20. The molecule has 1 aliphatic heterocycles. The number of amides is 1. The van der Waals surface area contributed by atoms with Gasteiger partial charge in [-0.1, -0.05) is 30.3 Å². The molecule has 5 nitrogen and oxygen atoms in total. The monoisotopic (exact) mass is 339 g/mol. The van der Waals surface area contributed by atoms with E-state index in [1.54, 1.807) is 17.4 Å². The molecule has 3 rings (SSSR count). The Kier molecular flexibility index (Phi) is 5.04. The molecule has 0 bridgehead atoms. The fraction of sp³-hybridized carbons (Fsp3) is 0.400. The Morgan fingerprint density at radius 2 is 1.80 bits per heavy atom. The molecule has 1 aromatic heterocycles. The van der Waals surface area contributed by atoms with Crippen molar-refractivity contribution in [1.29, 1.82) is 0 Å². The van der Waals surface area contributed by atoms with Gasteiger partial charge in [-0.3, -0.25) is 4.98 Å². The SMILES string of the molecule is CC(C)(C)OC(=O)N(c1ccncc1-c1ccccc1)N1CCCC1. The molecule has 1 aromatic carbocycles. The lowest BCUT2D eigenvalue weighted by Crippen LogP contribution is -2.47. The minimum absolute atomic E-state index is 0.349. The van der Waals surface area contributed by atoms with Crippen LogP contribution in [-0.4, -0.2) is 34.8 Å². The Morgan fingerprint density at radius 3 is 2.44 bits per heavy atom. The van der Waals surface area contributed by atoms with Gasteiger partial charge in [0.25, 0.3) is 0 Å². The molecule has 132 valence electrons. The van der Waals surface area contributed by atoms with Crippen LogP contribution in [0.4, 0.5) is 10.5 Å². The van der Waals surface area contributed by atoms with Crippen LogP contribution in [0.5, 0.6) is 0 Å². The van der Waals surface area contributed by atoms with E-state index in [4.69, 9.17) is 4.74 Å². The summed E-state index contributed by atoms with van der Waals surface area (Å²) < 4.78 is 5.68. The first-order valence-electron chi connectivity index (χ1n) is 8.73. The molecule has 0 aliphatic carbocycles. The van der Waals surface area contributed by atoms with E-state index in [0.29, 0.717) is 0 Å². The number of aromatic nitrogens is 1. The normalized spacial score (nSPS) is 15.2. The number of carbonyl (C=O) groups is 1. The lowest BCUT2D eigenvalue weighted by molar-refractivity contribution is 0.0482. The minimum Gasteiger partial charge on any atom is -0.442 e. The summed E-state index contributed by atoms with van der Waals surface area (Å²) in [4.78, 5) is 17.2. The lowest BCUT2D eigenvalue weighted by atomic mass is 10.1. The van der Waals surface area contributed by atoms with Gasteiger partial charge in [-0.2, -0.15) is 0 Å². The molecule has 1 saturated heterocycles. The summed E-state index contributed by atoms with van der Waals surface area (Å²) in [5.74, 6) is 0. The van der Waals surface area contributed by atoms with Crippen molar-refractivity contribution < 1.29 is 9.53 Å².